The molecule has 0 spiro atoms. The van der Waals surface area contributed by atoms with E-state index in [0.717, 1.165) is 5.33 Å². The van der Waals surface area contributed by atoms with Crippen LogP contribution in [0.2, 0.25) is 0 Å². The minimum Gasteiger partial charge on any atom is -0.0925 e. The first kappa shape index (κ1) is 14.2. The van der Waals surface area contributed by atoms with E-state index >= 15 is 0 Å². The molecule has 0 aliphatic heterocycles. The fourth-order valence-electron chi connectivity index (χ4n) is 1.52. The third-order valence-corrected chi connectivity index (χ3v) is 2.87. The third-order valence-electron chi connectivity index (χ3n) is 2.42. The smallest absolute Gasteiger partial charge is 0.00659 e. The third kappa shape index (κ3) is 12.2. The maximum absolute atomic E-state index is 3.42. The summed E-state index contributed by atoms with van der Waals surface area (Å²) in [5.74, 6) is 0. The summed E-state index contributed by atoms with van der Waals surface area (Å²) in [5.41, 5.74) is 0. The molecular formula is C13H25Br. The van der Waals surface area contributed by atoms with Gasteiger partial charge in [-0.25, -0.2) is 0 Å². The van der Waals surface area contributed by atoms with Crippen molar-refractivity contribution in [1.29, 1.82) is 0 Å². The maximum atomic E-state index is 3.42. The molecule has 0 fully saturated rings. The Balaban J connectivity index is 2.91. The normalized spacial score (nSPS) is 11.3. The fraction of sp³-hybridized carbons (Fsp3) is 0.846. The van der Waals surface area contributed by atoms with Crippen molar-refractivity contribution < 1.29 is 0 Å². The summed E-state index contributed by atoms with van der Waals surface area (Å²) in [4.78, 5) is 0. The minimum absolute atomic E-state index is 1.10. The predicted octanol–water partition coefficient (Wildman–Crippen LogP) is 5.47. The van der Waals surface area contributed by atoms with Crippen molar-refractivity contribution in [2.45, 2.75) is 64.7 Å². The molecule has 0 aromatic rings. The predicted molar refractivity (Wildman–Crippen MR) is 70.2 cm³/mol. The lowest BCUT2D eigenvalue weighted by Gasteiger charge is -1.98. The summed E-state index contributed by atoms with van der Waals surface area (Å²) in [6.45, 7) is 2.27. The van der Waals surface area contributed by atoms with Crippen LogP contribution in [0.4, 0.5) is 0 Å². The second-order valence-corrected chi connectivity index (χ2v) is 4.65. The molecule has 0 atom stereocenters. The maximum Gasteiger partial charge on any atom is 0.00659 e. The Morgan fingerprint density at radius 1 is 0.786 bits per heavy atom. The van der Waals surface area contributed by atoms with Gasteiger partial charge in [0.15, 0.2) is 0 Å². The zero-order valence-electron chi connectivity index (χ0n) is 9.60. The largest absolute Gasteiger partial charge is 0.0925 e. The van der Waals surface area contributed by atoms with Crippen molar-refractivity contribution in [2.75, 3.05) is 5.33 Å². The lowest BCUT2D eigenvalue weighted by atomic mass is 10.1. The molecule has 0 unspecified atom stereocenters. The standard InChI is InChI=1S/C13H25Br/c1-2-3-4-5-6-7-8-9-10-11-12-13-14/h10-11H,2-9,12-13H2,1H3. The van der Waals surface area contributed by atoms with Gasteiger partial charge in [0.2, 0.25) is 0 Å². The summed E-state index contributed by atoms with van der Waals surface area (Å²) >= 11 is 3.42. The van der Waals surface area contributed by atoms with E-state index in [1.54, 1.807) is 0 Å². The number of alkyl halides is 1. The van der Waals surface area contributed by atoms with Gasteiger partial charge in [-0.15, -0.1) is 0 Å². The second-order valence-electron chi connectivity index (χ2n) is 3.86. The van der Waals surface area contributed by atoms with Crippen LogP contribution in [0.5, 0.6) is 0 Å². The Labute approximate surface area is 98.3 Å². The van der Waals surface area contributed by atoms with Crippen molar-refractivity contribution in [1.82, 2.24) is 0 Å². The molecule has 0 aliphatic carbocycles. The zero-order chi connectivity index (χ0) is 10.5. The Hall–Kier alpha value is 0.220. The number of halogens is 1. The van der Waals surface area contributed by atoms with Gasteiger partial charge in [-0.05, 0) is 19.3 Å². The first-order valence-electron chi connectivity index (χ1n) is 6.12. The van der Waals surface area contributed by atoms with Crippen molar-refractivity contribution >= 4 is 15.9 Å². The van der Waals surface area contributed by atoms with Gasteiger partial charge in [-0.3, -0.25) is 0 Å². The van der Waals surface area contributed by atoms with Crippen molar-refractivity contribution in [2.24, 2.45) is 0 Å². The van der Waals surface area contributed by atoms with E-state index < -0.39 is 0 Å². The number of unbranched alkanes of at least 4 members (excludes halogenated alkanes) is 7. The molecule has 0 aliphatic rings. The number of rotatable bonds is 10. The zero-order valence-corrected chi connectivity index (χ0v) is 11.2. The van der Waals surface area contributed by atoms with Gasteiger partial charge in [0.05, 0.1) is 0 Å². The molecule has 0 rings (SSSR count). The molecule has 0 aromatic heterocycles. The van der Waals surface area contributed by atoms with E-state index in [4.69, 9.17) is 0 Å². The van der Waals surface area contributed by atoms with Crippen LogP contribution in [0.3, 0.4) is 0 Å². The van der Waals surface area contributed by atoms with Gasteiger partial charge in [-0.2, -0.15) is 0 Å². The Kier molecular flexibility index (Phi) is 13.4. The van der Waals surface area contributed by atoms with Crippen molar-refractivity contribution in [3.63, 3.8) is 0 Å². The summed E-state index contributed by atoms with van der Waals surface area (Å²) in [6.07, 6.45) is 17.0. The number of hydrogen-bond acceptors (Lipinski definition) is 0. The second kappa shape index (κ2) is 13.2. The van der Waals surface area contributed by atoms with Crippen LogP contribution in [-0.4, -0.2) is 5.33 Å². The molecule has 0 bridgehead atoms. The SMILES string of the molecule is CCCCCCCCCC=CCCBr. The summed E-state index contributed by atoms with van der Waals surface area (Å²) in [5, 5.41) is 1.10. The molecule has 0 saturated carbocycles. The van der Waals surface area contributed by atoms with Gasteiger partial charge in [0.1, 0.15) is 0 Å². The van der Waals surface area contributed by atoms with Gasteiger partial charge in [0.25, 0.3) is 0 Å². The molecule has 0 heterocycles. The lowest BCUT2D eigenvalue weighted by molar-refractivity contribution is 0.592. The van der Waals surface area contributed by atoms with Crippen LogP contribution in [0.25, 0.3) is 0 Å². The van der Waals surface area contributed by atoms with Crippen LogP contribution in [0.15, 0.2) is 12.2 Å². The van der Waals surface area contributed by atoms with Gasteiger partial charge in [0, 0.05) is 5.33 Å². The highest BCUT2D eigenvalue weighted by Crippen LogP contribution is 2.08. The van der Waals surface area contributed by atoms with E-state index in [-0.39, 0.29) is 0 Å². The molecule has 0 nitrogen and oxygen atoms in total. The Morgan fingerprint density at radius 3 is 2.00 bits per heavy atom. The van der Waals surface area contributed by atoms with Gasteiger partial charge < -0.3 is 0 Å². The molecule has 1 heteroatoms. The summed E-state index contributed by atoms with van der Waals surface area (Å²) < 4.78 is 0. The first-order chi connectivity index (χ1) is 6.91. The van der Waals surface area contributed by atoms with Gasteiger partial charge in [-0.1, -0.05) is 73.5 Å². The molecular weight excluding hydrogens is 236 g/mol. The monoisotopic (exact) mass is 260 g/mol. The van der Waals surface area contributed by atoms with Crippen LogP contribution in [0, 0.1) is 0 Å². The first-order valence-corrected chi connectivity index (χ1v) is 7.25. The fourth-order valence-corrected chi connectivity index (χ4v) is 1.78. The van der Waals surface area contributed by atoms with E-state index in [9.17, 15) is 0 Å². The molecule has 0 N–H and O–H groups in total. The quantitative estimate of drug-likeness (QED) is 0.278. The molecule has 0 saturated heterocycles. The molecule has 0 amide bonds. The van der Waals surface area contributed by atoms with Crippen LogP contribution in [-0.2, 0) is 0 Å². The average molecular weight is 261 g/mol. The molecule has 0 radical (unpaired) electrons. The number of hydrogen-bond donors (Lipinski definition) is 0. The molecule has 14 heavy (non-hydrogen) atoms. The van der Waals surface area contributed by atoms with Crippen molar-refractivity contribution in [3.8, 4) is 0 Å². The van der Waals surface area contributed by atoms with Gasteiger partial charge >= 0.3 is 0 Å². The molecule has 84 valence electrons. The van der Waals surface area contributed by atoms with E-state index in [1.807, 2.05) is 0 Å². The minimum atomic E-state index is 1.10. The lowest BCUT2D eigenvalue weighted by Crippen LogP contribution is -1.79. The topological polar surface area (TPSA) is 0 Å². The Bertz CT molecular complexity index is 118. The van der Waals surface area contributed by atoms with E-state index in [1.165, 1.54) is 57.8 Å². The van der Waals surface area contributed by atoms with E-state index in [0.29, 0.717) is 0 Å². The van der Waals surface area contributed by atoms with Crippen LogP contribution < -0.4 is 0 Å². The van der Waals surface area contributed by atoms with Crippen LogP contribution >= 0.6 is 15.9 Å². The van der Waals surface area contributed by atoms with E-state index in [2.05, 4.69) is 35.0 Å². The van der Waals surface area contributed by atoms with Crippen molar-refractivity contribution in [3.05, 3.63) is 12.2 Å². The summed E-state index contributed by atoms with van der Waals surface area (Å²) in [7, 11) is 0. The highest BCUT2D eigenvalue weighted by Gasteiger charge is 1.88. The highest BCUT2D eigenvalue weighted by atomic mass is 79.9. The molecule has 0 aromatic carbocycles. The average Bonchev–Trinajstić information content (AvgIpc) is 2.21. The summed E-state index contributed by atoms with van der Waals surface area (Å²) in [6, 6.07) is 0. The number of allylic oxidation sites excluding steroid dienone is 2. The van der Waals surface area contributed by atoms with Crippen LogP contribution in [0.1, 0.15) is 64.7 Å². The Morgan fingerprint density at radius 2 is 1.36 bits per heavy atom. The highest BCUT2D eigenvalue weighted by molar-refractivity contribution is 9.09.